The fourth-order valence-corrected chi connectivity index (χ4v) is 2.03. The molecule has 1 N–H and O–H groups in total. The smallest absolute Gasteiger partial charge is 0.323 e. The third-order valence-corrected chi connectivity index (χ3v) is 3.15. The summed E-state index contributed by atoms with van der Waals surface area (Å²) in [5, 5.41) is 19.8. The predicted molar refractivity (Wildman–Crippen MR) is 77.3 cm³/mol. The van der Waals surface area contributed by atoms with E-state index >= 15 is 0 Å². The van der Waals surface area contributed by atoms with Crippen molar-refractivity contribution in [1.82, 2.24) is 25.1 Å². The third-order valence-electron chi connectivity index (χ3n) is 3.15. The molecule has 0 aliphatic rings. The van der Waals surface area contributed by atoms with E-state index in [2.05, 4.69) is 15.5 Å². The van der Waals surface area contributed by atoms with Crippen LogP contribution in [0.2, 0.25) is 0 Å². The van der Waals surface area contributed by atoms with Gasteiger partial charge >= 0.3 is 5.97 Å². The molecule has 2 rings (SSSR count). The molecule has 0 fully saturated rings. The Balaban J connectivity index is 2.06. The fraction of sp³-hybridized carbons (Fsp3) is 0.357. The number of hydrogen-bond donors (Lipinski definition) is 1. The minimum atomic E-state index is -1.02. The number of aromatic nitrogens is 4. The Bertz CT molecular complexity index is 637. The number of hydrogen-bond acceptors (Lipinski definition) is 5. The average Bonchev–Trinajstić information content (AvgIpc) is 2.99. The number of nitrogens with zero attached hydrogens (tertiary/aromatic N) is 5. The molecule has 0 bridgehead atoms. The van der Waals surface area contributed by atoms with Gasteiger partial charge in [0.05, 0.1) is 12.1 Å². The molecule has 22 heavy (non-hydrogen) atoms. The van der Waals surface area contributed by atoms with E-state index in [4.69, 9.17) is 5.11 Å². The summed E-state index contributed by atoms with van der Waals surface area (Å²) in [5.74, 6) is -1.23. The van der Waals surface area contributed by atoms with Crippen molar-refractivity contribution in [3.05, 3.63) is 36.2 Å². The van der Waals surface area contributed by atoms with Crippen LogP contribution in [-0.4, -0.2) is 54.7 Å². The molecule has 0 unspecified atom stereocenters. The Morgan fingerprint density at radius 2 is 1.95 bits per heavy atom. The molecule has 0 saturated heterocycles. The van der Waals surface area contributed by atoms with Gasteiger partial charge in [0, 0.05) is 6.04 Å². The molecule has 0 aliphatic heterocycles. The Morgan fingerprint density at radius 3 is 2.45 bits per heavy atom. The van der Waals surface area contributed by atoms with Crippen LogP contribution in [0.3, 0.4) is 0 Å². The van der Waals surface area contributed by atoms with E-state index in [0.29, 0.717) is 0 Å². The first-order valence-electron chi connectivity index (χ1n) is 6.81. The summed E-state index contributed by atoms with van der Waals surface area (Å²) in [6.45, 7) is 3.29. The average molecular weight is 303 g/mol. The summed E-state index contributed by atoms with van der Waals surface area (Å²) in [4.78, 5) is 24.4. The number of amides is 1. The van der Waals surface area contributed by atoms with Gasteiger partial charge in [-0.3, -0.25) is 9.59 Å². The number of benzene rings is 1. The van der Waals surface area contributed by atoms with E-state index in [1.54, 1.807) is 38.1 Å². The van der Waals surface area contributed by atoms with Gasteiger partial charge in [0.1, 0.15) is 12.9 Å². The van der Waals surface area contributed by atoms with Crippen molar-refractivity contribution in [2.75, 3.05) is 6.54 Å². The van der Waals surface area contributed by atoms with Gasteiger partial charge in [-0.2, -0.15) is 0 Å². The fourth-order valence-electron chi connectivity index (χ4n) is 2.03. The minimum Gasteiger partial charge on any atom is -0.480 e. The first-order valence-corrected chi connectivity index (χ1v) is 6.81. The molecule has 2 aromatic rings. The van der Waals surface area contributed by atoms with Crippen molar-refractivity contribution >= 4 is 11.9 Å². The van der Waals surface area contributed by atoms with E-state index in [9.17, 15) is 9.59 Å². The number of carbonyl (C=O) groups excluding carboxylic acids is 1. The summed E-state index contributed by atoms with van der Waals surface area (Å²) in [7, 11) is 0. The van der Waals surface area contributed by atoms with Gasteiger partial charge in [-0.1, -0.05) is 12.1 Å². The zero-order valence-electron chi connectivity index (χ0n) is 12.4. The molecule has 0 saturated carbocycles. The number of carboxylic acid groups (broad SMARTS) is 1. The van der Waals surface area contributed by atoms with Crippen LogP contribution in [0.25, 0.3) is 5.69 Å². The zero-order chi connectivity index (χ0) is 16.1. The quantitative estimate of drug-likeness (QED) is 0.835. The molecular formula is C14H17N5O3. The van der Waals surface area contributed by atoms with Gasteiger partial charge in [0.2, 0.25) is 5.91 Å². The lowest BCUT2D eigenvalue weighted by Gasteiger charge is -2.25. The molecule has 1 amide bonds. The third kappa shape index (κ3) is 3.87. The van der Waals surface area contributed by atoms with Crippen molar-refractivity contribution in [3.8, 4) is 5.69 Å². The van der Waals surface area contributed by atoms with Crippen LogP contribution in [-0.2, 0) is 16.0 Å². The maximum atomic E-state index is 12.2. The first-order chi connectivity index (χ1) is 10.5. The lowest BCUT2D eigenvalue weighted by atomic mass is 10.1. The highest BCUT2D eigenvalue weighted by Crippen LogP contribution is 2.10. The summed E-state index contributed by atoms with van der Waals surface area (Å²) >= 11 is 0. The second-order valence-electron chi connectivity index (χ2n) is 5.11. The van der Waals surface area contributed by atoms with Gasteiger partial charge in [-0.15, -0.1) is 5.10 Å². The number of tetrazole rings is 1. The summed E-state index contributed by atoms with van der Waals surface area (Å²) in [6, 6.07) is 7.04. The molecule has 1 heterocycles. The summed E-state index contributed by atoms with van der Waals surface area (Å²) in [5.41, 5.74) is 1.59. The number of aliphatic carboxylic acids is 1. The molecule has 0 atom stereocenters. The van der Waals surface area contributed by atoms with Crippen LogP contribution in [0.15, 0.2) is 30.6 Å². The van der Waals surface area contributed by atoms with Crippen LogP contribution in [0.5, 0.6) is 0 Å². The topological polar surface area (TPSA) is 101 Å². The standard InChI is InChI=1S/C14H17N5O3/c1-10(2)18(8-14(21)22)13(20)7-11-3-5-12(6-4-11)19-9-15-16-17-19/h3-6,9-10H,7-8H2,1-2H3,(H,21,22). The van der Waals surface area contributed by atoms with E-state index in [-0.39, 0.29) is 24.9 Å². The van der Waals surface area contributed by atoms with E-state index < -0.39 is 5.97 Å². The lowest BCUT2D eigenvalue weighted by molar-refractivity contribution is -0.145. The second-order valence-corrected chi connectivity index (χ2v) is 5.11. The molecule has 0 radical (unpaired) electrons. The molecular weight excluding hydrogens is 286 g/mol. The van der Waals surface area contributed by atoms with E-state index in [1.807, 2.05) is 0 Å². The lowest BCUT2D eigenvalue weighted by Crippen LogP contribution is -2.41. The van der Waals surface area contributed by atoms with Crippen LogP contribution >= 0.6 is 0 Å². The van der Waals surface area contributed by atoms with Crippen LogP contribution in [0, 0.1) is 0 Å². The highest BCUT2D eigenvalue weighted by Gasteiger charge is 2.19. The highest BCUT2D eigenvalue weighted by atomic mass is 16.4. The number of carbonyl (C=O) groups is 2. The monoisotopic (exact) mass is 303 g/mol. The van der Waals surface area contributed by atoms with Crippen molar-refractivity contribution in [1.29, 1.82) is 0 Å². The largest absolute Gasteiger partial charge is 0.480 e. The van der Waals surface area contributed by atoms with Crippen molar-refractivity contribution in [2.45, 2.75) is 26.3 Å². The predicted octanol–water partition coefficient (Wildman–Crippen LogP) is 0.526. The zero-order valence-corrected chi connectivity index (χ0v) is 12.4. The summed E-state index contributed by atoms with van der Waals surface area (Å²) in [6.07, 6.45) is 1.63. The van der Waals surface area contributed by atoms with Crippen LogP contribution in [0.1, 0.15) is 19.4 Å². The van der Waals surface area contributed by atoms with Gasteiger partial charge < -0.3 is 10.0 Å². The second kappa shape index (κ2) is 6.79. The Morgan fingerprint density at radius 1 is 1.27 bits per heavy atom. The van der Waals surface area contributed by atoms with E-state index in [0.717, 1.165) is 11.3 Å². The molecule has 116 valence electrons. The van der Waals surface area contributed by atoms with Gasteiger partial charge in [-0.25, -0.2) is 4.68 Å². The molecule has 8 nitrogen and oxygen atoms in total. The van der Waals surface area contributed by atoms with Crippen molar-refractivity contribution in [2.24, 2.45) is 0 Å². The van der Waals surface area contributed by atoms with Crippen LogP contribution in [0.4, 0.5) is 0 Å². The molecule has 8 heteroatoms. The van der Waals surface area contributed by atoms with Gasteiger partial charge in [0.15, 0.2) is 0 Å². The summed E-state index contributed by atoms with van der Waals surface area (Å²) < 4.78 is 1.51. The van der Waals surface area contributed by atoms with E-state index in [1.165, 1.54) is 15.9 Å². The first kappa shape index (κ1) is 15.6. The van der Waals surface area contributed by atoms with Crippen LogP contribution < -0.4 is 0 Å². The molecule has 1 aromatic carbocycles. The van der Waals surface area contributed by atoms with Gasteiger partial charge in [0.25, 0.3) is 0 Å². The molecule has 1 aromatic heterocycles. The normalized spacial score (nSPS) is 10.7. The number of rotatable bonds is 6. The Hall–Kier alpha value is -2.77. The Kier molecular flexibility index (Phi) is 4.82. The maximum absolute atomic E-state index is 12.2. The molecule has 0 aliphatic carbocycles. The SMILES string of the molecule is CC(C)N(CC(=O)O)C(=O)Cc1ccc(-n2cnnn2)cc1. The minimum absolute atomic E-state index is 0.154. The van der Waals surface area contributed by atoms with Crippen molar-refractivity contribution < 1.29 is 14.7 Å². The van der Waals surface area contributed by atoms with Crippen molar-refractivity contribution in [3.63, 3.8) is 0 Å². The maximum Gasteiger partial charge on any atom is 0.323 e. The number of carboxylic acids is 1. The van der Waals surface area contributed by atoms with Gasteiger partial charge in [-0.05, 0) is 42.0 Å². The molecule has 0 spiro atoms. The highest BCUT2D eigenvalue weighted by molar-refractivity contribution is 5.83. The Labute approximate surface area is 127 Å².